The molecule has 11 nitrogen and oxygen atoms in total. The summed E-state index contributed by atoms with van der Waals surface area (Å²) in [5.74, 6) is -1.20. The smallest absolute Gasteiger partial charge is 0.306 e. The van der Waals surface area contributed by atoms with Crippen LogP contribution in [0.4, 0.5) is 0 Å². The lowest BCUT2D eigenvalue weighted by molar-refractivity contribution is -0.305. The second kappa shape index (κ2) is 56.1. The highest BCUT2D eigenvalue weighted by Crippen LogP contribution is 2.26. The summed E-state index contributed by atoms with van der Waals surface area (Å²) in [6, 6.07) is -1.02. The van der Waals surface area contributed by atoms with E-state index in [0.717, 1.165) is 83.5 Å². The van der Waals surface area contributed by atoms with E-state index >= 15 is 0 Å². The zero-order chi connectivity index (χ0) is 57.5. The summed E-state index contributed by atoms with van der Waals surface area (Å²) in [6.45, 7) is 5.74. The molecular weight excluding hydrogens is 991 g/mol. The fourth-order valence-corrected chi connectivity index (χ4v) is 10.4. The monoisotopic (exact) mass is 1120 g/mol. The summed E-state index contributed by atoms with van der Waals surface area (Å²) in [5.41, 5.74) is 0. The summed E-state index contributed by atoms with van der Waals surface area (Å²) in [4.78, 5) is 26.5. The number of aliphatic hydroxyl groups excluding tert-OH is 5. The highest BCUT2D eigenvalue weighted by Gasteiger charge is 2.47. The van der Waals surface area contributed by atoms with E-state index in [1.807, 2.05) is 6.08 Å². The molecular formula is C68H125NO10. The van der Waals surface area contributed by atoms with Gasteiger partial charge < -0.3 is 45.1 Å². The quantitative estimate of drug-likeness (QED) is 0.0195. The highest BCUT2D eigenvalue weighted by molar-refractivity contribution is 5.80. The minimum atomic E-state index is -1.61. The van der Waals surface area contributed by atoms with E-state index in [-0.39, 0.29) is 13.0 Å². The molecule has 0 bridgehead atoms. The van der Waals surface area contributed by atoms with Crippen LogP contribution >= 0.6 is 0 Å². The molecule has 79 heavy (non-hydrogen) atoms. The number of amides is 1. The minimum absolute atomic E-state index is 0.114. The van der Waals surface area contributed by atoms with E-state index in [0.29, 0.717) is 19.3 Å². The molecule has 8 unspecified atom stereocenters. The number of carbonyl (C=O) groups is 2. The van der Waals surface area contributed by atoms with Crippen molar-refractivity contribution in [2.75, 3.05) is 13.2 Å². The third kappa shape index (κ3) is 43.9. The molecule has 0 saturated carbocycles. The normalized spacial score (nSPS) is 19.1. The lowest BCUT2D eigenvalue weighted by Gasteiger charge is -2.41. The number of nitrogens with one attached hydrogen (secondary N) is 1. The summed E-state index contributed by atoms with van der Waals surface area (Å²) in [5, 5.41) is 57.0. The molecule has 0 radical (unpaired) electrons. The molecule has 11 heteroatoms. The summed E-state index contributed by atoms with van der Waals surface area (Å²) in [6.07, 6.45) is 58.8. The van der Waals surface area contributed by atoms with Crippen LogP contribution in [-0.4, -0.2) is 99.6 Å². The van der Waals surface area contributed by atoms with Gasteiger partial charge in [-0.05, 0) is 77.0 Å². The Bertz CT molecular complexity index is 1470. The van der Waals surface area contributed by atoms with Crippen molar-refractivity contribution in [3.63, 3.8) is 0 Å². The third-order valence-electron chi connectivity index (χ3n) is 15.7. The van der Waals surface area contributed by atoms with Gasteiger partial charge in [-0.2, -0.15) is 0 Å². The highest BCUT2D eigenvalue weighted by atomic mass is 16.7. The average molecular weight is 1120 g/mol. The first-order chi connectivity index (χ1) is 38.7. The van der Waals surface area contributed by atoms with Crippen molar-refractivity contribution in [2.45, 2.75) is 359 Å². The number of allylic oxidation sites excluding steroid dienone is 7. The molecule has 1 fully saturated rings. The Labute approximate surface area is 485 Å². The molecule has 0 aliphatic carbocycles. The third-order valence-corrected chi connectivity index (χ3v) is 15.7. The van der Waals surface area contributed by atoms with Crippen molar-refractivity contribution in [3.05, 3.63) is 48.6 Å². The summed E-state index contributed by atoms with van der Waals surface area (Å²) in [7, 11) is 0. The standard InChI is InChI=1S/C68H125NO10/c1-4-7-10-13-16-19-22-24-25-26-27-28-29-30-31-32-33-34-35-36-38-41-43-46-49-52-55-61(72)67(76)69-59(60(71)54-51-48-45-42-40-37-23-20-17-14-11-8-5-2)58-77-68-66(65(75)64(74)62(57-70)78-68)79-63(73)56-53-50-47-44-39-21-18-15-12-9-6-3/h15-16,18-19,24-25,51,54,59-62,64-66,68,70-72,74-75H,4-14,17,20-23,26-50,52-53,55-58H2,1-3H3,(H,69,76)/b18-15-,19-16-,25-24-,54-51+. The zero-order valence-electron chi connectivity index (χ0n) is 51.2. The van der Waals surface area contributed by atoms with Gasteiger partial charge in [-0.1, -0.05) is 275 Å². The van der Waals surface area contributed by atoms with Crippen LogP contribution in [0.15, 0.2) is 48.6 Å². The van der Waals surface area contributed by atoms with Crippen molar-refractivity contribution < 1.29 is 49.3 Å². The van der Waals surface area contributed by atoms with Crippen LogP contribution in [0.3, 0.4) is 0 Å². The topological polar surface area (TPSA) is 175 Å². The van der Waals surface area contributed by atoms with Gasteiger partial charge in [0.1, 0.15) is 24.4 Å². The van der Waals surface area contributed by atoms with Crippen LogP contribution in [0, 0.1) is 0 Å². The molecule has 8 atom stereocenters. The molecule has 6 N–H and O–H groups in total. The van der Waals surface area contributed by atoms with Crippen molar-refractivity contribution in [1.29, 1.82) is 0 Å². The predicted molar refractivity (Wildman–Crippen MR) is 329 cm³/mol. The molecule has 1 aliphatic rings. The largest absolute Gasteiger partial charge is 0.454 e. The van der Waals surface area contributed by atoms with Crippen LogP contribution in [0.25, 0.3) is 0 Å². The Hall–Kier alpha value is -2.38. The number of esters is 1. The molecule has 462 valence electrons. The second-order valence-corrected chi connectivity index (χ2v) is 23.2. The van der Waals surface area contributed by atoms with Gasteiger partial charge in [-0.25, -0.2) is 0 Å². The second-order valence-electron chi connectivity index (χ2n) is 23.2. The number of hydrogen-bond acceptors (Lipinski definition) is 10. The van der Waals surface area contributed by atoms with Crippen LogP contribution in [0.1, 0.15) is 310 Å². The number of ether oxygens (including phenoxy) is 3. The molecule has 1 amide bonds. The zero-order valence-corrected chi connectivity index (χ0v) is 51.2. The first kappa shape index (κ1) is 74.6. The van der Waals surface area contributed by atoms with E-state index in [9.17, 15) is 35.1 Å². The van der Waals surface area contributed by atoms with Gasteiger partial charge in [0.25, 0.3) is 0 Å². The number of unbranched alkanes of at least 4 members (excludes halogenated alkanes) is 37. The molecule has 1 saturated heterocycles. The van der Waals surface area contributed by atoms with Crippen LogP contribution < -0.4 is 5.32 Å². The maximum atomic E-state index is 13.5. The maximum absolute atomic E-state index is 13.5. The van der Waals surface area contributed by atoms with Crippen molar-refractivity contribution in [1.82, 2.24) is 5.32 Å². The number of aliphatic hydroxyl groups is 5. The van der Waals surface area contributed by atoms with Crippen LogP contribution in [0.5, 0.6) is 0 Å². The van der Waals surface area contributed by atoms with Gasteiger partial charge in [-0.3, -0.25) is 9.59 Å². The Morgan fingerprint density at radius 3 is 1.37 bits per heavy atom. The van der Waals surface area contributed by atoms with E-state index in [2.05, 4.69) is 62.5 Å². The van der Waals surface area contributed by atoms with Crippen molar-refractivity contribution in [3.8, 4) is 0 Å². The molecule has 1 rings (SSSR count). The number of rotatable bonds is 57. The average Bonchev–Trinajstić information content (AvgIpc) is 3.46. The fraction of sp³-hybridized carbons (Fsp3) is 0.853. The van der Waals surface area contributed by atoms with Crippen molar-refractivity contribution in [2.24, 2.45) is 0 Å². The Morgan fingerprint density at radius 2 is 0.886 bits per heavy atom. The van der Waals surface area contributed by atoms with Gasteiger partial charge in [-0.15, -0.1) is 0 Å². The van der Waals surface area contributed by atoms with Crippen LogP contribution in [0.2, 0.25) is 0 Å². The van der Waals surface area contributed by atoms with Crippen molar-refractivity contribution >= 4 is 11.9 Å². The Kier molecular flexibility index (Phi) is 53.0. The first-order valence-corrected chi connectivity index (χ1v) is 33.4. The van der Waals surface area contributed by atoms with Gasteiger partial charge in [0, 0.05) is 6.42 Å². The lowest BCUT2D eigenvalue weighted by Crippen LogP contribution is -2.61. The SMILES string of the molecule is CCCC/C=C\CCCCCCCC(=O)OC1C(OCC(NC(=O)C(O)CCCCCCCCCCCCCCCCCC/C=C\C/C=C\CCCCC)C(O)/C=C/CCCCCCCCCCCCC)OC(CO)C(O)C1O. The van der Waals surface area contributed by atoms with E-state index in [4.69, 9.17) is 14.2 Å². The molecule has 0 aromatic rings. The fourth-order valence-electron chi connectivity index (χ4n) is 10.4. The number of carbonyl (C=O) groups excluding carboxylic acids is 2. The first-order valence-electron chi connectivity index (χ1n) is 33.4. The van der Waals surface area contributed by atoms with E-state index in [1.165, 1.54) is 180 Å². The summed E-state index contributed by atoms with van der Waals surface area (Å²) < 4.78 is 17.6. The Balaban J connectivity index is 2.56. The van der Waals surface area contributed by atoms with Crippen LogP contribution in [-0.2, 0) is 23.8 Å². The maximum Gasteiger partial charge on any atom is 0.306 e. The predicted octanol–water partition coefficient (Wildman–Crippen LogP) is 16.4. The Morgan fingerprint density at radius 1 is 0.494 bits per heavy atom. The van der Waals surface area contributed by atoms with Gasteiger partial charge in [0.05, 0.1) is 25.4 Å². The van der Waals surface area contributed by atoms with E-state index in [1.54, 1.807) is 6.08 Å². The summed E-state index contributed by atoms with van der Waals surface area (Å²) >= 11 is 0. The minimum Gasteiger partial charge on any atom is -0.454 e. The molecule has 1 heterocycles. The molecule has 1 aliphatic heterocycles. The molecule has 0 aromatic heterocycles. The van der Waals surface area contributed by atoms with E-state index < -0.39 is 67.4 Å². The number of hydrogen-bond donors (Lipinski definition) is 6. The molecule has 0 aromatic carbocycles. The van der Waals surface area contributed by atoms with Gasteiger partial charge >= 0.3 is 5.97 Å². The van der Waals surface area contributed by atoms with Gasteiger partial charge in [0.15, 0.2) is 12.4 Å². The lowest BCUT2D eigenvalue weighted by atomic mass is 9.99. The van der Waals surface area contributed by atoms with Gasteiger partial charge in [0.2, 0.25) is 5.91 Å². The molecule has 0 spiro atoms.